The van der Waals surface area contributed by atoms with Crippen LogP contribution in [0.15, 0.2) is 65.0 Å². The van der Waals surface area contributed by atoms with Crippen LogP contribution in [0.5, 0.6) is 0 Å². The molecule has 0 unspecified atom stereocenters. The second-order valence-electron chi connectivity index (χ2n) is 5.48. The molecule has 0 fully saturated rings. The second kappa shape index (κ2) is 10.1. The number of aromatic nitrogens is 2. The molecule has 1 amide bonds. The van der Waals surface area contributed by atoms with Crippen molar-refractivity contribution >= 4 is 34.1 Å². The number of nitrogens with zero attached hydrogens (tertiary/aromatic N) is 2. The predicted molar refractivity (Wildman–Crippen MR) is 106 cm³/mol. The lowest BCUT2D eigenvalue weighted by Gasteiger charge is -2.03. The summed E-state index contributed by atoms with van der Waals surface area (Å²) in [6.45, 7) is 0.399. The van der Waals surface area contributed by atoms with E-state index in [1.807, 2.05) is 48.5 Å². The number of aryl methyl sites for hydroxylation is 1. The number of amides is 1. The molecule has 0 bridgehead atoms. The molecule has 134 valence electrons. The Balaban J connectivity index is 1.36. The number of anilines is 1. The predicted octanol–water partition coefficient (Wildman–Crippen LogP) is 4.03. The van der Waals surface area contributed by atoms with Crippen molar-refractivity contribution in [2.24, 2.45) is 0 Å². The number of carbonyl (C=O) groups excluding carboxylic acids is 1. The van der Waals surface area contributed by atoms with Gasteiger partial charge >= 0.3 is 0 Å². The minimum Gasteiger partial charge on any atom is -0.367 e. The van der Waals surface area contributed by atoms with Crippen LogP contribution in [-0.4, -0.2) is 28.5 Å². The highest BCUT2D eigenvalue weighted by Crippen LogP contribution is 2.26. The Bertz CT molecular complexity index is 810. The summed E-state index contributed by atoms with van der Waals surface area (Å²) in [4.78, 5) is 11.9. The van der Waals surface area contributed by atoms with Gasteiger partial charge in [-0.2, -0.15) is 0 Å². The van der Waals surface area contributed by atoms with Crippen LogP contribution >= 0.6 is 23.1 Å². The van der Waals surface area contributed by atoms with Gasteiger partial charge in [-0.1, -0.05) is 83.8 Å². The van der Waals surface area contributed by atoms with Gasteiger partial charge in [-0.05, 0) is 17.5 Å². The largest absolute Gasteiger partial charge is 0.367 e. The van der Waals surface area contributed by atoms with E-state index in [1.54, 1.807) is 11.8 Å². The van der Waals surface area contributed by atoms with Gasteiger partial charge in [-0.25, -0.2) is 0 Å². The van der Waals surface area contributed by atoms with E-state index in [-0.39, 0.29) is 12.5 Å². The van der Waals surface area contributed by atoms with E-state index >= 15 is 0 Å². The molecule has 1 N–H and O–H groups in total. The van der Waals surface area contributed by atoms with Gasteiger partial charge in [-0.3, -0.25) is 10.1 Å². The van der Waals surface area contributed by atoms with Crippen LogP contribution in [0.25, 0.3) is 0 Å². The summed E-state index contributed by atoms with van der Waals surface area (Å²) in [5.41, 5.74) is 2.34. The average Bonchev–Trinajstić information content (AvgIpc) is 3.10. The highest BCUT2D eigenvalue weighted by Gasteiger charge is 2.09. The third-order valence-electron chi connectivity index (χ3n) is 3.46. The Morgan fingerprint density at radius 2 is 1.69 bits per heavy atom. The molecule has 3 rings (SSSR count). The molecule has 1 aromatic heterocycles. The van der Waals surface area contributed by atoms with Crippen molar-refractivity contribution in [3.8, 4) is 0 Å². The first-order chi connectivity index (χ1) is 12.8. The molecule has 3 aromatic rings. The number of nitrogens with one attached hydrogen (secondary N) is 1. The van der Waals surface area contributed by atoms with E-state index in [0.717, 1.165) is 22.1 Å². The van der Waals surface area contributed by atoms with Crippen molar-refractivity contribution in [1.29, 1.82) is 0 Å². The first-order valence-electron chi connectivity index (χ1n) is 8.21. The fourth-order valence-corrected chi connectivity index (χ4v) is 4.04. The van der Waals surface area contributed by atoms with Crippen LogP contribution in [-0.2, 0) is 22.6 Å². The Hall–Kier alpha value is -2.22. The number of carbonyl (C=O) groups is 1. The summed E-state index contributed by atoms with van der Waals surface area (Å²) in [6, 6.07) is 20.1. The smallest absolute Gasteiger partial charge is 0.252 e. The molecule has 2 aromatic carbocycles. The number of hydrogen-bond donors (Lipinski definition) is 1. The van der Waals surface area contributed by atoms with E-state index in [1.165, 1.54) is 16.9 Å². The zero-order valence-electron chi connectivity index (χ0n) is 14.1. The fraction of sp³-hybridized carbons (Fsp3) is 0.211. The van der Waals surface area contributed by atoms with Crippen LogP contribution < -0.4 is 5.32 Å². The Labute approximate surface area is 160 Å². The summed E-state index contributed by atoms with van der Waals surface area (Å²) in [5, 5.41) is 11.3. The maximum Gasteiger partial charge on any atom is 0.252 e. The molecule has 0 saturated heterocycles. The van der Waals surface area contributed by atoms with E-state index in [2.05, 4.69) is 27.6 Å². The van der Waals surface area contributed by atoms with Gasteiger partial charge in [0.25, 0.3) is 5.91 Å². The lowest BCUT2D eigenvalue weighted by molar-refractivity contribution is -0.121. The van der Waals surface area contributed by atoms with Crippen molar-refractivity contribution in [3.63, 3.8) is 0 Å². The van der Waals surface area contributed by atoms with Gasteiger partial charge in [0.1, 0.15) is 6.61 Å². The molecule has 0 atom stereocenters. The summed E-state index contributed by atoms with van der Waals surface area (Å²) in [6.07, 6.45) is 0.972. The second-order valence-corrected chi connectivity index (χ2v) is 7.80. The minimum absolute atomic E-state index is 0.00897. The van der Waals surface area contributed by atoms with Gasteiger partial charge < -0.3 is 4.74 Å². The molecule has 7 heteroatoms. The molecule has 5 nitrogen and oxygen atoms in total. The number of hydrogen-bond acceptors (Lipinski definition) is 6. The van der Waals surface area contributed by atoms with E-state index < -0.39 is 0 Å². The average molecular weight is 386 g/mol. The minimum atomic E-state index is -0.224. The van der Waals surface area contributed by atoms with Crippen molar-refractivity contribution in [2.75, 3.05) is 17.7 Å². The van der Waals surface area contributed by atoms with E-state index in [9.17, 15) is 4.79 Å². The van der Waals surface area contributed by atoms with Gasteiger partial charge in [0.2, 0.25) is 5.13 Å². The number of benzene rings is 2. The summed E-state index contributed by atoms with van der Waals surface area (Å²) in [7, 11) is 0. The van der Waals surface area contributed by atoms with Crippen molar-refractivity contribution in [3.05, 3.63) is 71.8 Å². The number of rotatable bonds is 9. The Kier molecular flexibility index (Phi) is 7.18. The topological polar surface area (TPSA) is 64.1 Å². The SMILES string of the molecule is O=C(COCc1ccccc1)Nc1nnc(SCCc2ccccc2)s1. The highest BCUT2D eigenvalue weighted by atomic mass is 32.2. The van der Waals surface area contributed by atoms with Crippen molar-refractivity contribution in [1.82, 2.24) is 10.2 Å². The normalized spacial score (nSPS) is 10.6. The molecular weight excluding hydrogens is 366 g/mol. The molecule has 1 heterocycles. The van der Waals surface area contributed by atoms with E-state index in [4.69, 9.17) is 4.74 Å². The standard InChI is InChI=1S/C19H19N3O2S2/c23-17(14-24-13-16-9-5-2-6-10-16)20-18-21-22-19(26-18)25-12-11-15-7-3-1-4-8-15/h1-10H,11-14H2,(H,20,21,23). The van der Waals surface area contributed by atoms with Gasteiger partial charge in [0.05, 0.1) is 6.61 Å². The number of ether oxygens (including phenoxy) is 1. The number of thioether (sulfide) groups is 1. The van der Waals surface area contributed by atoms with Crippen LogP contribution in [0, 0.1) is 0 Å². The first kappa shape index (κ1) is 18.6. The molecule has 0 aliphatic heterocycles. The third kappa shape index (κ3) is 6.25. The summed E-state index contributed by atoms with van der Waals surface area (Å²) >= 11 is 3.02. The molecule has 0 radical (unpaired) electrons. The molecule has 0 aliphatic carbocycles. The monoisotopic (exact) mass is 385 g/mol. The molecule has 0 aliphatic rings. The Morgan fingerprint density at radius 3 is 2.42 bits per heavy atom. The van der Waals surface area contributed by atoms with Gasteiger partial charge in [0, 0.05) is 5.75 Å². The molecule has 0 saturated carbocycles. The maximum atomic E-state index is 11.9. The van der Waals surface area contributed by atoms with Crippen LogP contribution in [0.3, 0.4) is 0 Å². The quantitative estimate of drug-likeness (QED) is 0.445. The zero-order chi connectivity index (χ0) is 18.0. The van der Waals surface area contributed by atoms with Crippen LogP contribution in [0.4, 0.5) is 5.13 Å². The van der Waals surface area contributed by atoms with Crippen LogP contribution in [0.2, 0.25) is 0 Å². The van der Waals surface area contributed by atoms with Crippen molar-refractivity contribution < 1.29 is 9.53 Å². The van der Waals surface area contributed by atoms with Crippen molar-refractivity contribution in [2.45, 2.75) is 17.4 Å². The molecular formula is C19H19N3O2S2. The zero-order valence-corrected chi connectivity index (χ0v) is 15.8. The highest BCUT2D eigenvalue weighted by molar-refractivity contribution is 8.01. The van der Waals surface area contributed by atoms with E-state index in [0.29, 0.717) is 11.7 Å². The third-order valence-corrected chi connectivity index (χ3v) is 5.43. The maximum absolute atomic E-state index is 11.9. The lowest BCUT2D eigenvalue weighted by Crippen LogP contribution is -2.18. The van der Waals surface area contributed by atoms with Gasteiger partial charge in [-0.15, -0.1) is 10.2 Å². The first-order valence-corrected chi connectivity index (χ1v) is 10.0. The summed E-state index contributed by atoms with van der Waals surface area (Å²) in [5.74, 6) is 0.699. The van der Waals surface area contributed by atoms with Crippen LogP contribution in [0.1, 0.15) is 11.1 Å². The lowest BCUT2D eigenvalue weighted by atomic mass is 10.2. The molecule has 0 spiro atoms. The fourth-order valence-electron chi connectivity index (χ4n) is 2.21. The van der Waals surface area contributed by atoms with Gasteiger partial charge in [0.15, 0.2) is 4.34 Å². The Morgan fingerprint density at radius 1 is 1.00 bits per heavy atom. The molecule has 26 heavy (non-hydrogen) atoms. The summed E-state index contributed by atoms with van der Waals surface area (Å²) < 4.78 is 6.26.